The molecule has 15 nitrogen and oxygen atoms in total. The molecule has 1 saturated heterocycles. The summed E-state index contributed by atoms with van der Waals surface area (Å²) >= 11 is 0. The molecule has 0 bridgehead atoms. The van der Waals surface area contributed by atoms with Crippen LogP contribution >= 0.6 is 0 Å². The van der Waals surface area contributed by atoms with E-state index in [1.54, 1.807) is 6.92 Å². The number of hydrogen-bond acceptors (Lipinski definition) is 15. The third kappa shape index (κ3) is 8.62. The van der Waals surface area contributed by atoms with Crippen LogP contribution in [-0.4, -0.2) is 117 Å². The number of ether oxygens (including phenoxy) is 4. The van der Waals surface area contributed by atoms with Crippen LogP contribution in [0.15, 0.2) is 22.9 Å². The van der Waals surface area contributed by atoms with Gasteiger partial charge in [-0.1, -0.05) is 6.92 Å². The molecule has 0 radical (unpaired) electrons. The first kappa shape index (κ1) is 33.3. The predicted molar refractivity (Wildman–Crippen MR) is 128 cm³/mol. The zero-order valence-electron chi connectivity index (χ0n) is 21.3. The maximum atomic E-state index is 10.9. The van der Waals surface area contributed by atoms with Gasteiger partial charge in [0.25, 0.3) is 0 Å². The van der Waals surface area contributed by atoms with Gasteiger partial charge < -0.3 is 77.0 Å². The van der Waals surface area contributed by atoms with E-state index < -0.39 is 85.8 Å². The van der Waals surface area contributed by atoms with E-state index in [0.29, 0.717) is 0 Å². The van der Waals surface area contributed by atoms with Gasteiger partial charge >= 0.3 is 0 Å². The van der Waals surface area contributed by atoms with Crippen LogP contribution in [0.25, 0.3) is 0 Å². The number of allylic oxidation sites excluding steroid dienone is 1. The van der Waals surface area contributed by atoms with Crippen LogP contribution in [0.1, 0.15) is 26.7 Å². The first-order valence-electron chi connectivity index (χ1n) is 11.8. The third-order valence-electron chi connectivity index (χ3n) is 6.28. The summed E-state index contributed by atoms with van der Waals surface area (Å²) in [5.74, 6) is -2.55. The monoisotopic (exact) mass is 541 g/mol. The highest BCUT2D eigenvalue weighted by Crippen LogP contribution is 2.32. The molecule has 1 aliphatic rings. The molecule has 10 atom stereocenters. The van der Waals surface area contributed by atoms with E-state index >= 15 is 0 Å². The summed E-state index contributed by atoms with van der Waals surface area (Å²) in [5.41, 5.74) is 16.7. The summed E-state index contributed by atoms with van der Waals surface area (Å²) < 4.78 is 21.5. The van der Waals surface area contributed by atoms with Gasteiger partial charge in [0.2, 0.25) is 0 Å². The maximum Gasteiger partial charge on any atom is 0.199 e. The molecule has 218 valence electrons. The predicted octanol–water partition coefficient (Wildman–Crippen LogP) is -3.06. The van der Waals surface area contributed by atoms with Crippen molar-refractivity contribution >= 4 is 0 Å². The molecule has 0 aromatic heterocycles. The molecule has 14 N–H and O–H groups in total. The molecule has 0 aliphatic carbocycles. The van der Waals surface area contributed by atoms with E-state index in [2.05, 4.69) is 4.74 Å². The minimum atomic E-state index is -1.78. The summed E-state index contributed by atoms with van der Waals surface area (Å²) in [6.07, 6.45) is -9.69. The van der Waals surface area contributed by atoms with Crippen molar-refractivity contribution in [1.29, 1.82) is 0 Å². The molecule has 4 unspecified atom stereocenters. The molecule has 1 aliphatic heterocycles. The second kappa shape index (κ2) is 15.6. The molecular formula is C22H43N3O12. The molecular weight excluding hydrogens is 498 g/mol. The van der Waals surface area contributed by atoms with Crippen molar-refractivity contribution in [2.24, 2.45) is 29.0 Å². The zero-order chi connectivity index (χ0) is 28.4. The van der Waals surface area contributed by atoms with Crippen molar-refractivity contribution in [1.82, 2.24) is 0 Å². The van der Waals surface area contributed by atoms with Gasteiger partial charge in [0, 0.05) is 38.6 Å². The first-order valence-corrected chi connectivity index (χ1v) is 11.8. The van der Waals surface area contributed by atoms with E-state index in [9.17, 15) is 35.7 Å². The van der Waals surface area contributed by atoms with E-state index in [0.717, 1.165) is 7.11 Å². The Morgan fingerprint density at radius 1 is 0.946 bits per heavy atom. The van der Waals surface area contributed by atoms with E-state index in [4.69, 9.17) is 36.5 Å². The minimum absolute atomic E-state index is 0.186. The van der Waals surface area contributed by atoms with Crippen molar-refractivity contribution in [3.63, 3.8) is 0 Å². The molecule has 15 heteroatoms. The normalized spacial score (nSPS) is 30.1. The lowest BCUT2D eigenvalue weighted by Crippen LogP contribution is -2.63. The standard InChI is InChI=1S/C22H43N3O12/c1-9(4-6-26)17(29)14(23)21(33)35-10(2)13-12(8-28)37-22(16(25)19(13)31)36-11(5-7-27)18(30)15(24)20(32)34-3/h9-13,16,19-22,26-33H,4-8,23-25H2,1-3H3/b17-14-,18-15-/t9-,10?,11-,12?,13-,16?,19?,20+,21+,22-/m1/s1. The van der Waals surface area contributed by atoms with Gasteiger partial charge in [0.1, 0.15) is 29.0 Å². The van der Waals surface area contributed by atoms with Gasteiger partial charge in [-0.15, -0.1) is 0 Å². The first-order chi connectivity index (χ1) is 17.4. The Kier molecular flexibility index (Phi) is 14.0. The summed E-state index contributed by atoms with van der Waals surface area (Å²) in [5, 5.41) is 79.9. The molecule has 1 rings (SSSR count). The summed E-state index contributed by atoms with van der Waals surface area (Å²) in [6.45, 7) is 1.77. The maximum absolute atomic E-state index is 10.9. The van der Waals surface area contributed by atoms with Gasteiger partial charge in [-0.25, -0.2) is 0 Å². The molecule has 37 heavy (non-hydrogen) atoms. The number of aliphatic hydroxyl groups excluding tert-OH is 8. The highest BCUT2D eigenvalue weighted by Gasteiger charge is 2.48. The fourth-order valence-electron chi connectivity index (χ4n) is 3.96. The lowest BCUT2D eigenvalue weighted by Gasteiger charge is -2.45. The van der Waals surface area contributed by atoms with Crippen molar-refractivity contribution < 1.29 is 59.8 Å². The topological polar surface area (TPSA) is 277 Å². The number of methoxy groups -OCH3 is 1. The molecule has 0 aromatic rings. The second-order valence-electron chi connectivity index (χ2n) is 8.88. The number of rotatable bonds is 15. The molecule has 0 saturated carbocycles. The summed E-state index contributed by atoms with van der Waals surface area (Å²) in [4.78, 5) is 0. The number of aliphatic hydroxyl groups is 8. The molecule has 0 amide bonds. The third-order valence-corrected chi connectivity index (χ3v) is 6.28. The average molecular weight is 542 g/mol. The molecule has 0 aromatic carbocycles. The van der Waals surface area contributed by atoms with Crippen LogP contribution in [0.4, 0.5) is 0 Å². The summed E-state index contributed by atoms with van der Waals surface area (Å²) in [7, 11) is 1.15. The van der Waals surface area contributed by atoms with Crippen LogP contribution in [0.2, 0.25) is 0 Å². The van der Waals surface area contributed by atoms with Crippen LogP contribution in [-0.2, 0) is 18.9 Å². The van der Waals surface area contributed by atoms with Crippen molar-refractivity contribution in [2.75, 3.05) is 26.9 Å². The Hall–Kier alpha value is -1.76. The van der Waals surface area contributed by atoms with Crippen molar-refractivity contribution in [2.45, 2.75) is 76.0 Å². The lowest BCUT2D eigenvalue weighted by molar-refractivity contribution is -0.283. The Morgan fingerprint density at radius 3 is 2.03 bits per heavy atom. The van der Waals surface area contributed by atoms with Gasteiger partial charge in [0.05, 0.1) is 31.0 Å². The van der Waals surface area contributed by atoms with Crippen molar-refractivity contribution in [3.05, 3.63) is 22.9 Å². The van der Waals surface area contributed by atoms with Gasteiger partial charge in [-0.05, 0) is 13.3 Å². The lowest BCUT2D eigenvalue weighted by atomic mass is 9.84. The van der Waals surface area contributed by atoms with Gasteiger partial charge in [-0.3, -0.25) is 0 Å². The Bertz CT molecular complexity index is 752. The highest BCUT2D eigenvalue weighted by atomic mass is 16.7. The van der Waals surface area contributed by atoms with Crippen LogP contribution in [0.3, 0.4) is 0 Å². The van der Waals surface area contributed by atoms with Gasteiger partial charge in [-0.2, -0.15) is 0 Å². The largest absolute Gasteiger partial charge is 0.510 e. The average Bonchev–Trinajstić information content (AvgIpc) is 2.88. The Balaban J connectivity index is 3.07. The summed E-state index contributed by atoms with van der Waals surface area (Å²) in [6, 6.07) is -1.26. The molecule has 0 spiro atoms. The van der Waals surface area contributed by atoms with Crippen molar-refractivity contribution in [3.8, 4) is 0 Å². The SMILES string of the molecule is CO[C@H](O)/C(N)=C(/O)[C@@H](CCO)O[C@@H]1OC(CO)[C@@H](C(C)O[C@H](O)/C(N)=C(/O)[C@H](C)CCO)C(O)C1N. The Labute approximate surface area is 215 Å². The zero-order valence-corrected chi connectivity index (χ0v) is 21.3. The minimum Gasteiger partial charge on any atom is -0.510 e. The van der Waals surface area contributed by atoms with E-state index in [1.165, 1.54) is 6.92 Å². The van der Waals surface area contributed by atoms with E-state index in [-0.39, 0.29) is 30.9 Å². The van der Waals surface area contributed by atoms with Crippen LogP contribution in [0, 0.1) is 11.8 Å². The second-order valence-corrected chi connectivity index (χ2v) is 8.88. The molecule has 1 fully saturated rings. The fraction of sp³-hybridized carbons (Fsp3) is 0.818. The van der Waals surface area contributed by atoms with E-state index in [1.807, 2.05) is 0 Å². The number of nitrogens with two attached hydrogens (primary N) is 3. The number of hydrogen-bond donors (Lipinski definition) is 11. The quantitative estimate of drug-likeness (QED) is 0.0725. The van der Waals surface area contributed by atoms with Gasteiger partial charge in [0.15, 0.2) is 18.9 Å². The van der Waals surface area contributed by atoms with Crippen LogP contribution < -0.4 is 17.2 Å². The fourth-order valence-corrected chi connectivity index (χ4v) is 3.96. The van der Waals surface area contributed by atoms with Crippen LogP contribution in [0.5, 0.6) is 0 Å². The highest BCUT2D eigenvalue weighted by molar-refractivity contribution is 5.11. The Morgan fingerprint density at radius 2 is 1.51 bits per heavy atom. The molecule has 1 heterocycles. The smallest absolute Gasteiger partial charge is 0.199 e.